The summed E-state index contributed by atoms with van der Waals surface area (Å²) in [5, 5.41) is 0. The normalized spacial score (nSPS) is 52.1. The Morgan fingerprint density at radius 2 is 1.70 bits per heavy atom. The van der Waals surface area contributed by atoms with Gasteiger partial charge in [-0.05, 0) is 112 Å². The predicted octanol–water partition coefficient (Wildman–Crippen LogP) is 6.48. The molecule has 0 N–H and O–H groups in total. The molecule has 4 rings (SSSR count). The number of rotatable bonds is 5. The zero-order valence-electron chi connectivity index (χ0n) is 18.7. The van der Waals surface area contributed by atoms with E-state index in [1.165, 1.54) is 64.2 Å². The zero-order valence-corrected chi connectivity index (χ0v) is 18.7. The number of fused-ring (bicyclic) bond motifs is 5. The topological polar surface area (TPSA) is 18.5 Å². The maximum Gasteiger partial charge on any atom is 0.0653 e. The van der Waals surface area contributed by atoms with Crippen molar-refractivity contribution in [2.24, 2.45) is 40.4 Å². The molecule has 4 saturated carbocycles. The van der Waals surface area contributed by atoms with E-state index in [1.807, 2.05) is 7.11 Å². The van der Waals surface area contributed by atoms with Crippen LogP contribution in [-0.2, 0) is 9.47 Å². The summed E-state index contributed by atoms with van der Waals surface area (Å²) in [6, 6.07) is 0. The lowest BCUT2D eigenvalue weighted by atomic mass is 9.43. The van der Waals surface area contributed by atoms with E-state index in [0.29, 0.717) is 10.8 Å². The number of methoxy groups -OCH3 is 1. The smallest absolute Gasteiger partial charge is 0.0653 e. The standard InChI is InChI=1S/C25H44O2/c1-6-18-9-11-21-20-10-8-19-16-23(3,26-5)14-15-25(19,17-27-7-2)22(20)12-13-24(18,21)4/h18-22H,6-17H2,1-5H3/t18-,19+,20-,21-,22-,23?,24+,25+/m0/s1. The monoisotopic (exact) mass is 376 g/mol. The van der Waals surface area contributed by atoms with Gasteiger partial charge in [-0.3, -0.25) is 0 Å². The second-order valence-electron chi connectivity index (χ2n) is 11.1. The van der Waals surface area contributed by atoms with Gasteiger partial charge in [0.1, 0.15) is 0 Å². The summed E-state index contributed by atoms with van der Waals surface area (Å²) < 4.78 is 12.2. The summed E-state index contributed by atoms with van der Waals surface area (Å²) >= 11 is 0. The van der Waals surface area contributed by atoms with Gasteiger partial charge in [-0.15, -0.1) is 0 Å². The minimum absolute atomic E-state index is 0.0943. The largest absolute Gasteiger partial charge is 0.381 e. The number of ether oxygens (including phenoxy) is 2. The van der Waals surface area contributed by atoms with Crippen molar-refractivity contribution in [1.29, 1.82) is 0 Å². The third-order valence-corrected chi connectivity index (χ3v) is 10.4. The van der Waals surface area contributed by atoms with Crippen molar-refractivity contribution in [2.75, 3.05) is 20.3 Å². The fraction of sp³-hybridized carbons (Fsp3) is 1.00. The molecule has 0 saturated heterocycles. The Hall–Kier alpha value is -0.0800. The summed E-state index contributed by atoms with van der Waals surface area (Å²) in [4.78, 5) is 0. The van der Waals surface area contributed by atoms with Gasteiger partial charge in [0, 0.05) is 13.7 Å². The predicted molar refractivity (Wildman–Crippen MR) is 112 cm³/mol. The highest BCUT2D eigenvalue weighted by Crippen LogP contribution is 2.68. The number of hydrogen-bond acceptors (Lipinski definition) is 2. The first-order chi connectivity index (χ1) is 12.9. The first kappa shape index (κ1) is 20.2. The van der Waals surface area contributed by atoms with E-state index in [2.05, 4.69) is 27.7 Å². The third kappa shape index (κ3) is 3.03. The molecule has 0 aromatic rings. The van der Waals surface area contributed by atoms with Crippen LogP contribution in [0.15, 0.2) is 0 Å². The van der Waals surface area contributed by atoms with Crippen molar-refractivity contribution in [3.63, 3.8) is 0 Å². The minimum atomic E-state index is 0.0943. The Bertz CT molecular complexity index is 532. The molecule has 2 heteroatoms. The van der Waals surface area contributed by atoms with Crippen LogP contribution in [0.3, 0.4) is 0 Å². The summed E-state index contributed by atoms with van der Waals surface area (Å²) in [6.45, 7) is 11.5. The molecule has 1 unspecified atom stereocenters. The van der Waals surface area contributed by atoms with Gasteiger partial charge >= 0.3 is 0 Å². The SMILES string of the molecule is CCOC[C@]12CCC(C)(OC)C[C@H]1CC[C@H]1[C@@H]3CC[C@H](CC)[C@@]3(C)CC[C@@H]12. The highest BCUT2D eigenvalue weighted by molar-refractivity contribution is 5.11. The maximum absolute atomic E-state index is 6.22. The summed E-state index contributed by atoms with van der Waals surface area (Å²) in [5.74, 6) is 4.63. The lowest BCUT2D eigenvalue weighted by Crippen LogP contribution is -2.58. The molecule has 0 amide bonds. The van der Waals surface area contributed by atoms with Crippen molar-refractivity contribution < 1.29 is 9.47 Å². The van der Waals surface area contributed by atoms with Gasteiger partial charge in [-0.25, -0.2) is 0 Å². The fourth-order valence-corrected chi connectivity index (χ4v) is 8.76. The van der Waals surface area contributed by atoms with Gasteiger partial charge in [-0.2, -0.15) is 0 Å². The molecule has 0 heterocycles. The van der Waals surface area contributed by atoms with E-state index in [-0.39, 0.29) is 5.60 Å². The molecule has 0 spiro atoms. The molecule has 4 fully saturated rings. The van der Waals surface area contributed by atoms with Crippen LogP contribution in [0.5, 0.6) is 0 Å². The maximum atomic E-state index is 6.22. The van der Waals surface area contributed by atoms with Crippen molar-refractivity contribution in [2.45, 2.75) is 97.5 Å². The van der Waals surface area contributed by atoms with Crippen molar-refractivity contribution in [3.8, 4) is 0 Å². The molecule has 0 aromatic heterocycles. The first-order valence-corrected chi connectivity index (χ1v) is 12.1. The van der Waals surface area contributed by atoms with E-state index in [9.17, 15) is 0 Å². The molecule has 27 heavy (non-hydrogen) atoms. The summed E-state index contributed by atoms with van der Waals surface area (Å²) in [5.41, 5.74) is 1.16. The summed E-state index contributed by atoms with van der Waals surface area (Å²) in [6.07, 6.45) is 14.0. The Morgan fingerprint density at radius 1 is 0.889 bits per heavy atom. The second-order valence-corrected chi connectivity index (χ2v) is 11.1. The Kier molecular flexibility index (Phi) is 5.47. The van der Waals surface area contributed by atoms with Gasteiger partial charge in [-0.1, -0.05) is 20.3 Å². The van der Waals surface area contributed by atoms with Crippen molar-refractivity contribution in [1.82, 2.24) is 0 Å². The quantitative estimate of drug-likeness (QED) is 0.547. The van der Waals surface area contributed by atoms with Crippen molar-refractivity contribution in [3.05, 3.63) is 0 Å². The van der Waals surface area contributed by atoms with E-state index in [1.54, 1.807) is 0 Å². The Balaban J connectivity index is 1.63. The Labute approximate surface area is 168 Å². The van der Waals surface area contributed by atoms with Gasteiger partial charge < -0.3 is 9.47 Å². The lowest BCUT2D eigenvalue weighted by Gasteiger charge is -2.63. The third-order valence-electron chi connectivity index (χ3n) is 10.4. The van der Waals surface area contributed by atoms with E-state index in [0.717, 1.165) is 42.8 Å². The van der Waals surface area contributed by atoms with Crippen LogP contribution in [0.2, 0.25) is 0 Å². The van der Waals surface area contributed by atoms with Crippen LogP contribution >= 0.6 is 0 Å². The van der Waals surface area contributed by atoms with E-state index < -0.39 is 0 Å². The Morgan fingerprint density at radius 3 is 2.41 bits per heavy atom. The average Bonchev–Trinajstić information content (AvgIpc) is 3.03. The van der Waals surface area contributed by atoms with Gasteiger partial charge in [0.25, 0.3) is 0 Å². The molecule has 2 nitrogen and oxygen atoms in total. The van der Waals surface area contributed by atoms with E-state index >= 15 is 0 Å². The highest BCUT2D eigenvalue weighted by atomic mass is 16.5. The van der Waals surface area contributed by atoms with E-state index in [4.69, 9.17) is 9.47 Å². The molecular formula is C25H44O2. The molecule has 4 aliphatic carbocycles. The second kappa shape index (κ2) is 7.31. The van der Waals surface area contributed by atoms with Crippen LogP contribution < -0.4 is 0 Å². The van der Waals surface area contributed by atoms with Gasteiger partial charge in [0.15, 0.2) is 0 Å². The van der Waals surface area contributed by atoms with Gasteiger partial charge in [0.05, 0.1) is 12.2 Å². The molecular weight excluding hydrogens is 332 g/mol. The molecule has 0 aliphatic heterocycles. The van der Waals surface area contributed by atoms with Gasteiger partial charge in [0.2, 0.25) is 0 Å². The van der Waals surface area contributed by atoms with Crippen LogP contribution in [0, 0.1) is 40.4 Å². The number of hydrogen-bond donors (Lipinski definition) is 0. The minimum Gasteiger partial charge on any atom is -0.381 e. The molecule has 8 atom stereocenters. The highest BCUT2D eigenvalue weighted by Gasteiger charge is 2.62. The molecule has 4 aliphatic rings. The van der Waals surface area contributed by atoms with Crippen LogP contribution in [0.25, 0.3) is 0 Å². The van der Waals surface area contributed by atoms with Crippen LogP contribution in [0.4, 0.5) is 0 Å². The lowest BCUT2D eigenvalue weighted by molar-refractivity contribution is -0.182. The molecule has 0 bridgehead atoms. The fourth-order valence-electron chi connectivity index (χ4n) is 8.76. The average molecular weight is 377 g/mol. The summed E-state index contributed by atoms with van der Waals surface area (Å²) in [7, 11) is 1.93. The van der Waals surface area contributed by atoms with Crippen LogP contribution in [-0.4, -0.2) is 25.9 Å². The molecule has 0 aromatic carbocycles. The molecule has 156 valence electrons. The first-order valence-electron chi connectivity index (χ1n) is 12.1. The molecule has 0 radical (unpaired) electrons. The zero-order chi connectivity index (χ0) is 19.3. The van der Waals surface area contributed by atoms with Crippen molar-refractivity contribution >= 4 is 0 Å². The van der Waals surface area contributed by atoms with Crippen LogP contribution in [0.1, 0.15) is 91.9 Å².